The van der Waals surface area contributed by atoms with Gasteiger partial charge in [-0.2, -0.15) is 0 Å². The van der Waals surface area contributed by atoms with Crippen molar-refractivity contribution in [3.05, 3.63) is 30.5 Å². The van der Waals surface area contributed by atoms with Crippen molar-refractivity contribution in [3.63, 3.8) is 0 Å². The molecule has 0 saturated heterocycles. The van der Waals surface area contributed by atoms with E-state index in [1.165, 1.54) is 4.90 Å². The minimum Gasteiger partial charge on any atom is -0.508 e. The van der Waals surface area contributed by atoms with Gasteiger partial charge in [-0.3, -0.25) is 9.88 Å². The summed E-state index contributed by atoms with van der Waals surface area (Å²) in [4.78, 5) is 19.9. The van der Waals surface area contributed by atoms with E-state index in [1.807, 2.05) is 6.92 Å². The summed E-state index contributed by atoms with van der Waals surface area (Å²) in [6, 6.07) is 6.38. The van der Waals surface area contributed by atoms with E-state index < -0.39 is 6.09 Å². The number of hydrogen-bond donors (Lipinski definition) is 2. The zero-order chi connectivity index (χ0) is 18.4. The second-order valence-electron chi connectivity index (χ2n) is 6.20. The highest BCUT2D eigenvalue weighted by molar-refractivity contribution is 6.00. The Balaban J connectivity index is 2.22. The Hall–Kier alpha value is -2.34. The van der Waals surface area contributed by atoms with Crippen LogP contribution in [0.2, 0.25) is 0 Å². The summed E-state index contributed by atoms with van der Waals surface area (Å²) in [6.45, 7) is 9.18. The van der Waals surface area contributed by atoms with Crippen LogP contribution in [0.1, 0.15) is 33.6 Å². The van der Waals surface area contributed by atoms with E-state index in [0.29, 0.717) is 11.2 Å². The fraction of sp³-hybridized carbons (Fsp3) is 0.474. The van der Waals surface area contributed by atoms with E-state index in [2.05, 4.69) is 23.7 Å². The number of aromatic hydroxyl groups is 1. The number of anilines is 1. The van der Waals surface area contributed by atoms with Crippen LogP contribution in [-0.4, -0.2) is 51.9 Å². The molecule has 2 N–H and O–H groups in total. The van der Waals surface area contributed by atoms with Crippen LogP contribution in [0.5, 0.6) is 5.75 Å². The lowest BCUT2D eigenvalue weighted by Crippen LogP contribution is -2.38. The molecule has 0 aliphatic carbocycles. The number of hydrogen-bond acceptors (Lipinski definition) is 4. The van der Waals surface area contributed by atoms with Crippen molar-refractivity contribution in [1.82, 2.24) is 9.88 Å². The van der Waals surface area contributed by atoms with E-state index in [9.17, 15) is 15.0 Å². The Morgan fingerprint density at radius 1 is 1.24 bits per heavy atom. The normalized spacial score (nSPS) is 12.5. The lowest BCUT2D eigenvalue weighted by atomic mass is 10.1. The summed E-state index contributed by atoms with van der Waals surface area (Å²) in [5, 5.41) is 20.1. The molecule has 1 amide bonds. The number of phenolic OH excluding ortho intramolecular Hbond substituents is 1. The molecule has 0 fully saturated rings. The molecule has 0 saturated carbocycles. The number of pyridine rings is 1. The van der Waals surface area contributed by atoms with Gasteiger partial charge in [-0.1, -0.05) is 13.8 Å². The SMILES string of the molecule is CCN(CC)CCCC(C)N(C(=O)O)c1ccnc2cc(O)ccc12. The summed E-state index contributed by atoms with van der Waals surface area (Å²) < 4.78 is 0. The van der Waals surface area contributed by atoms with Crippen LogP contribution in [0, 0.1) is 0 Å². The highest BCUT2D eigenvalue weighted by Gasteiger charge is 2.23. The van der Waals surface area contributed by atoms with Crippen LogP contribution in [0.4, 0.5) is 10.5 Å². The third kappa shape index (κ3) is 4.60. The van der Waals surface area contributed by atoms with Crippen molar-refractivity contribution in [2.75, 3.05) is 24.5 Å². The molecule has 136 valence electrons. The van der Waals surface area contributed by atoms with Crippen LogP contribution in [0.25, 0.3) is 10.9 Å². The van der Waals surface area contributed by atoms with E-state index in [4.69, 9.17) is 0 Å². The molecule has 0 aliphatic rings. The molecule has 2 aromatic rings. The maximum absolute atomic E-state index is 11.9. The summed E-state index contributed by atoms with van der Waals surface area (Å²) in [5.41, 5.74) is 1.19. The van der Waals surface area contributed by atoms with Crippen molar-refractivity contribution in [1.29, 1.82) is 0 Å². The van der Waals surface area contributed by atoms with Gasteiger partial charge < -0.3 is 15.1 Å². The first-order chi connectivity index (χ1) is 12.0. The van der Waals surface area contributed by atoms with Gasteiger partial charge in [0.15, 0.2) is 0 Å². The highest BCUT2D eigenvalue weighted by Crippen LogP contribution is 2.30. The molecular weight excluding hydrogens is 318 g/mol. The predicted molar refractivity (Wildman–Crippen MR) is 100 cm³/mol. The Bertz CT molecular complexity index is 716. The molecule has 2 rings (SSSR count). The zero-order valence-electron chi connectivity index (χ0n) is 15.1. The average Bonchev–Trinajstić information content (AvgIpc) is 2.58. The fourth-order valence-corrected chi connectivity index (χ4v) is 3.14. The lowest BCUT2D eigenvalue weighted by Gasteiger charge is -2.28. The molecule has 1 atom stereocenters. The lowest BCUT2D eigenvalue weighted by molar-refractivity contribution is 0.198. The van der Waals surface area contributed by atoms with Crippen LogP contribution < -0.4 is 4.90 Å². The molecule has 25 heavy (non-hydrogen) atoms. The van der Waals surface area contributed by atoms with E-state index in [0.717, 1.165) is 37.9 Å². The first kappa shape index (κ1) is 19.0. The Kier molecular flexibility index (Phi) is 6.58. The quantitative estimate of drug-likeness (QED) is 0.758. The largest absolute Gasteiger partial charge is 0.508 e. The fourth-order valence-electron chi connectivity index (χ4n) is 3.14. The maximum Gasteiger partial charge on any atom is 0.412 e. The summed E-state index contributed by atoms with van der Waals surface area (Å²) >= 11 is 0. The van der Waals surface area contributed by atoms with Crippen LogP contribution in [0.15, 0.2) is 30.5 Å². The third-order valence-electron chi connectivity index (χ3n) is 4.60. The maximum atomic E-state index is 11.9. The molecule has 0 bridgehead atoms. The number of fused-ring (bicyclic) bond motifs is 1. The average molecular weight is 345 g/mol. The predicted octanol–water partition coefficient (Wildman–Crippen LogP) is 3.94. The van der Waals surface area contributed by atoms with Gasteiger partial charge in [-0.15, -0.1) is 0 Å². The molecular formula is C19H27N3O3. The number of carboxylic acid groups (broad SMARTS) is 1. The van der Waals surface area contributed by atoms with Gasteiger partial charge in [-0.05, 0) is 57.6 Å². The monoisotopic (exact) mass is 345 g/mol. The highest BCUT2D eigenvalue weighted by atomic mass is 16.4. The van der Waals surface area contributed by atoms with Gasteiger partial charge in [-0.25, -0.2) is 4.79 Å². The van der Waals surface area contributed by atoms with Crippen molar-refractivity contribution in [3.8, 4) is 5.75 Å². The number of aromatic nitrogens is 1. The summed E-state index contributed by atoms with van der Waals surface area (Å²) in [5.74, 6) is 0.117. The number of benzene rings is 1. The second kappa shape index (κ2) is 8.67. The standard InChI is InChI=1S/C19H27N3O3/c1-4-21(5-2)12-6-7-14(3)22(19(24)25)18-10-11-20-17-13-15(23)8-9-16(17)18/h8-11,13-14,23H,4-7,12H2,1-3H3,(H,24,25). The topological polar surface area (TPSA) is 76.9 Å². The number of nitrogens with zero attached hydrogens (tertiary/aromatic N) is 3. The molecule has 1 aromatic heterocycles. The van der Waals surface area contributed by atoms with Crippen LogP contribution in [-0.2, 0) is 0 Å². The molecule has 0 spiro atoms. The number of amides is 1. The molecule has 1 heterocycles. The van der Waals surface area contributed by atoms with E-state index >= 15 is 0 Å². The molecule has 1 unspecified atom stereocenters. The number of carbonyl (C=O) groups is 1. The van der Waals surface area contributed by atoms with Crippen molar-refractivity contribution < 1.29 is 15.0 Å². The first-order valence-electron chi connectivity index (χ1n) is 8.80. The van der Waals surface area contributed by atoms with Gasteiger partial charge in [0.25, 0.3) is 0 Å². The van der Waals surface area contributed by atoms with E-state index in [1.54, 1.807) is 30.5 Å². The Morgan fingerprint density at radius 3 is 2.60 bits per heavy atom. The van der Waals surface area contributed by atoms with Crippen LogP contribution >= 0.6 is 0 Å². The number of rotatable bonds is 8. The second-order valence-corrected chi connectivity index (χ2v) is 6.20. The van der Waals surface area contributed by atoms with Gasteiger partial charge in [0.1, 0.15) is 5.75 Å². The van der Waals surface area contributed by atoms with Crippen LogP contribution in [0.3, 0.4) is 0 Å². The molecule has 6 nitrogen and oxygen atoms in total. The van der Waals surface area contributed by atoms with E-state index in [-0.39, 0.29) is 11.8 Å². The first-order valence-corrected chi connectivity index (χ1v) is 8.80. The Labute approximate surface area is 148 Å². The van der Waals surface area contributed by atoms with Crippen molar-refractivity contribution in [2.24, 2.45) is 0 Å². The number of phenols is 1. The molecule has 1 aromatic carbocycles. The van der Waals surface area contributed by atoms with Gasteiger partial charge in [0.2, 0.25) is 0 Å². The van der Waals surface area contributed by atoms with Gasteiger partial charge >= 0.3 is 6.09 Å². The van der Waals surface area contributed by atoms with Gasteiger partial charge in [0, 0.05) is 23.7 Å². The zero-order valence-corrected chi connectivity index (χ0v) is 15.1. The molecule has 0 aliphatic heterocycles. The minimum absolute atomic E-state index is 0.117. The third-order valence-corrected chi connectivity index (χ3v) is 4.60. The van der Waals surface area contributed by atoms with Gasteiger partial charge in [0.05, 0.1) is 11.2 Å². The van der Waals surface area contributed by atoms with Crippen molar-refractivity contribution >= 4 is 22.7 Å². The molecule has 0 radical (unpaired) electrons. The molecule has 6 heteroatoms. The Morgan fingerprint density at radius 2 is 1.96 bits per heavy atom. The smallest absolute Gasteiger partial charge is 0.412 e. The summed E-state index contributed by atoms with van der Waals surface area (Å²) in [6.07, 6.45) is 2.33. The summed E-state index contributed by atoms with van der Waals surface area (Å²) in [7, 11) is 0. The van der Waals surface area contributed by atoms with Crippen molar-refractivity contribution in [2.45, 2.75) is 39.7 Å². The minimum atomic E-state index is -0.976.